The van der Waals surface area contributed by atoms with Crippen molar-refractivity contribution in [2.24, 2.45) is 0 Å². The van der Waals surface area contributed by atoms with E-state index in [4.69, 9.17) is 37.0 Å². The Kier molecular flexibility index (Phi) is 69.9. The fraction of sp³-hybridized carbons (Fsp3) is 0.529. The fourth-order valence-corrected chi connectivity index (χ4v) is 10.4. The molecule has 104 heavy (non-hydrogen) atoms. The lowest BCUT2D eigenvalue weighted by Gasteiger charge is -2.21. The first-order valence-corrected chi connectivity index (χ1v) is 41.0. The molecule has 19 heteroatoms. The number of esters is 4. The number of hydrogen-bond donors (Lipinski definition) is 3. The molecule has 0 heterocycles. The molecule has 0 aromatic carbocycles. The number of carbonyl (C=O) groups excluding carboxylic acids is 4. The molecule has 0 aliphatic heterocycles. The first-order valence-electron chi connectivity index (χ1n) is 38.0. The highest BCUT2D eigenvalue weighted by Gasteiger charge is 2.30. The molecule has 0 saturated carbocycles. The molecule has 5 atom stereocenters. The molecule has 0 fully saturated rings. The standard InChI is InChI=1S/C85H130O17P2/c1-5-9-13-17-21-25-29-33-37-39-43-46-50-54-58-62-66-70-83(88)96-76-81(102-85(90)72-68-64-60-56-52-48-44-40-38-34-30-26-22-18-14-10-6-2)78-100-104(93,94)98-74-79(86)73-97-103(91,92)99-77-80(101-84(89)71-67-63-59-55-51-47-42-36-32-28-24-20-16-12-8-4)75-95-82(87)69-65-61-57-53-49-45-41-35-31-27-23-19-15-11-7-3/h9-16,21-28,33-38,41-44,46,48-49,53-54,56,58,60-61,65,79-81,86H,5-8,17-20,29-32,39-40,45,47,50-52,55,57,59,62-64,66-78H2,1-4H3,(H,91,92)(H,93,94)/b13-9-,14-10-,15-11-,16-12-,25-21-,26-22-,27-23-,28-24-,37-33-,38-34-,41-35-,42-36-,46-43-,48-44-,53-49-,58-54-,60-56-,65-61-. The molecular weight excluding hydrogens is 1350 g/mol. The van der Waals surface area contributed by atoms with Gasteiger partial charge in [-0.3, -0.25) is 37.3 Å². The predicted molar refractivity (Wildman–Crippen MR) is 426 cm³/mol. The third kappa shape index (κ3) is 73.7. The van der Waals surface area contributed by atoms with Crippen molar-refractivity contribution in [2.45, 2.75) is 251 Å². The van der Waals surface area contributed by atoms with E-state index in [9.17, 15) is 43.2 Å². The van der Waals surface area contributed by atoms with Crippen molar-refractivity contribution in [3.8, 4) is 0 Å². The van der Waals surface area contributed by atoms with Crippen LogP contribution in [0, 0.1) is 0 Å². The molecule has 0 spiro atoms. The number of phosphoric acid groups is 2. The number of rotatable bonds is 68. The van der Waals surface area contributed by atoms with Gasteiger partial charge < -0.3 is 33.8 Å². The van der Waals surface area contributed by atoms with Crippen molar-refractivity contribution in [3.63, 3.8) is 0 Å². The maximum absolute atomic E-state index is 13.1. The number of carbonyl (C=O) groups is 4. The van der Waals surface area contributed by atoms with E-state index in [1.165, 1.54) is 0 Å². The normalized spacial score (nSPS) is 15.1. The summed E-state index contributed by atoms with van der Waals surface area (Å²) < 4.78 is 68.2. The summed E-state index contributed by atoms with van der Waals surface area (Å²) in [5.74, 6) is -2.51. The van der Waals surface area contributed by atoms with Crippen LogP contribution in [0.2, 0.25) is 0 Å². The summed E-state index contributed by atoms with van der Waals surface area (Å²) >= 11 is 0. The molecule has 3 N–H and O–H groups in total. The van der Waals surface area contributed by atoms with Crippen LogP contribution in [0.15, 0.2) is 219 Å². The molecule has 17 nitrogen and oxygen atoms in total. The van der Waals surface area contributed by atoms with Crippen LogP contribution in [0.3, 0.4) is 0 Å². The maximum Gasteiger partial charge on any atom is 0.472 e. The minimum atomic E-state index is -5.02. The zero-order chi connectivity index (χ0) is 76.0. The fourth-order valence-electron chi connectivity index (χ4n) is 8.85. The third-order valence-corrected chi connectivity index (χ3v) is 16.4. The monoisotopic (exact) mass is 1480 g/mol. The lowest BCUT2D eigenvalue weighted by Crippen LogP contribution is -2.30. The number of ether oxygens (including phenoxy) is 4. The van der Waals surface area contributed by atoms with Crippen molar-refractivity contribution in [1.29, 1.82) is 0 Å². The minimum Gasteiger partial charge on any atom is -0.462 e. The lowest BCUT2D eigenvalue weighted by molar-refractivity contribution is -0.161. The Bertz CT molecular complexity index is 2840. The summed E-state index contributed by atoms with van der Waals surface area (Å²) in [7, 11) is -10.0. The summed E-state index contributed by atoms with van der Waals surface area (Å²) in [6.45, 7) is 4.09. The van der Waals surface area contributed by atoms with E-state index in [2.05, 4.69) is 198 Å². The number of hydrogen-bond acceptors (Lipinski definition) is 15. The molecule has 0 aliphatic rings. The van der Waals surface area contributed by atoms with Crippen molar-refractivity contribution in [3.05, 3.63) is 219 Å². The van der Waals surface area contributed by atoms with Gasteiger partial charge in [0, 0.05) is 19.3 Å². The molecule has 0 aliphatic carbocycles. The molecule has 582 valence electrons. The highest BCUT2D eigenvalue weighted by atomic mass is 31.2. The average Bonchev–Trinajstić information content (AvgIpc) is 0.926. The average molecular weight is 1490 g/mol. The summed E-state index contributed by atoms with van der Waals surface area (Å²) in [6.07, 6.45) is 94.1. The van der Waals surface area contributed by atoms with E-state index in [1.807, 2.05) is 42.5 Å². The number of phosphoric ester groups is 2. The summed E-state index contributed by atoms with van der Waals surface area (Å²) in [6, 6.07) is 0. The zero-order valence-electron chi connectivity index (χ0n) is 63.3. The Hall–Kier alpha value is -6.62. The van der Waals surface area contributed by atoms with Gasteiger partial charge in [-0.25, -0.2) is 9.13 Å². The van der Waals surface area contributed by atoms with Gasteiger partial charge in [-0.15, -0.1) is 0 Å². The van der Waals surface area contributed by atoms with E-state index < -0.39 is 97.5 Å². The highest BCUT2D eigenvalue weighted by molar-refractivity contribution is 7.47. The van der Waals surface area contributed by atoms with Gasteiger partial charge in [0.15, 0.2) is 12.2 Å². The molecule has 5 unspecified atom stereocenters. The summed E-state index contributed by atoms with van der Waals surface area (Å²) in [4.78, 5) is 72.8. The van der Waals surface area contributed by atoms with Crippen LogP contribution in [0.4, 0.5) is 0 Å². The van der Waals surface area contributed by atoms with Crippen LogP contribution in [0.1, 0.15) is 233 Å². The van der Waals surface area contributed by atoms with Gasteiger partial charge in [0.1, 0.15) is 19.3 Å². The van der Waals surface area contributed by atoms with Crippen LogP contribution < -0.4 is 0 Å². The zero-order valence-corrected chi connectivity index (χ0v) is 65.1. The van der Waals surface area contributed by atoms with Crippen LogP contribution in [0.5, 0.6) is 0 Å². The molecule has 0 saturated heterocycles. The second-order valence-corrected chi connectivity index (χ2v) is 27.0. The Balaban J connectivity index is 5.58. The Morgan fingerprint density at radius 3 is 0.846 bits per heavy atom. The smallest absolute Gasteiger partial charge is 0.462 e. The van der Waals surface area contributed by atoms with E-state index in [0.717, 1.165) is 141 Å². The molecule has 0 rings (SSSR count). The first kappa shape index (κ1) is 97.4. The van der Waals surface area contributed by atoms with E-state index >= 15 is 0 Å². The van der Waals surface area contributed by atoms with Crippen molar-refractivity contribution >= 4 is 39.5 Å². The van der Waals surface area contributed by atoms with E-state index in [-0.39, 0.29) is 25.7 Å². The van der Waals surface area contributed by atoms with Crippen molar-refractivity contribution < 1.29 is 80.2 Å². The second-order valence-electron chi connectivity index (χ2n) is 24.1. The molecule has 0 radical (unpaired) electrons. The molecule has 0 amide bonds. The van der Waals surface area contributed by atoms with Crippen molar-refractivity contribution in [1.82, 2.24) is 0 Å². The third-order valence-electron chi connectivity index (χ3n) is 14.5. The SMILES string of the molecule is CC/C=C\C/C=C\C/C=C\C/C=C\C/C=C\CCCC(=O)OCC(COP(=O)(O)OCC(O)COP(=O)(O)OCC(COC(=O)C/C=C\C/C=C\C/C=C\C/C=C\C/C=C\CC)OC(=O)CCCCCCC/C=C\C/C=C\C/C=C\CC)OC(=O)CCC/C=C\C/C=C\C/C=C\C/C=C\C/C=C\CC. The Morgan fingerprint density at radius 1 is 0.279 bits per heavy atom. The molecule has 0 bridgehead atoms. The van der Waals surface area contributed by atoms with Crippen LogP contribution in [-0.2, 0) is 65.4 Å². The van der Waals surface area contributed by atoms with E-state index in [1.54, 1.807) is 6.08 Å². The van der Waals surface area contributed by atoms with Gasteiger partial charge >= 0.3 is 39.5 Å². The van der Waals surface area contributed by atoms with Gasteiger partial charge in [-0.1, -0.05) is 266 Å². The maximum atomic E-state index is 13.1. The summed E-state index contributed by atoms with van der Waals surface area (Å²) in [5.41, 5.74) is 0. The molecular formula is C85H130O17P2. The van der Waals surface area contributed by atoms with Gasteiger partial charge in [-0.05, 0) is 161 Å². The van der Waals surface area contributed by atoms with Gasteiger partial charge in [0.25, 0.3) is 0 Å². The Morgan fingerprint density at radius 2 is 0.519 bits per heavy atom. The quantitative estimate of drug-likeness (QED) is 0.0169. The van der Waals surface area contributed by atoms with Crippen LogP contribution >= 0.6 is 15.6 Å². The lowest BCUT2D eigenvalue weighted by atomic mass is 10.1. The number of aliphatic hydroxyl groups is 1. The van der Waals surface area contributed by atoms with Gasteiger partial charge in [0.05, 0.1) is 32.8 Å². The molecule has 0 aromatic heterocycles. The molecule has 0 aromatic rings. The highest BCUT2D eigenvalue weighted by Crippen LogP contribution is 2.45. The van der Waals surface area contributed by atoms with Crippen LogP contribution in [-0.4, -0.2) is 96.7 Å². The number of unbranched alkanes of at least 4 members (excludes halogenated alkanes) is 7. The summed E-state index contributed by atoms with van der Waals surface area (Å²) in [5, 5.41) is 10.6. The largest absolute Gasteiger partial charge is 0.472 e. The topological polar surface area (TPSA) is 237 Å². The van der Waals surface area contributed by atoms with Crippen LogP contribution in [0.25, 0.3) is 0 Å². The second kappa shape index (κ2) is 74.6. The van der Waals surface area contributed by atoms with Gasteiger partial charge in [-0.2, -0.15) is 0 Å². The van der Waals surface area contributed by atoms with Gasteiger partial charge in [0.2, 0.25) is 0 Å². The minimum absolute atomic E-state index is 0.00830. The number of aliphatic hydroxyl groups excluding tert-OH is 1. The number of allylic oxidation sites excluding steroid dienone is 35. The Labute approximate surface area is 626 Å². The first-order chi connectivity index (χ1) is 50.7. The van der Waals surface area contributed by atoms with Crippen molar-refractivity contribution in [2.75, 3.05) is 39.6 Å². The predicted octanol–water partition coefficient (Wildman–Crippen LogP) is 22.1. The van der Waals surface area contributed by atoms with E-state index in [0.29, 0.717) is 38.5 Å².